The lowest BCUT2D eigenvalue weighted by Gasteiger charge is -2.27. The number of anilines is 2. The summed E-state index contributed by atoms with van der Waals surface area (Å²) in [6.45, 7) is 2.36. The molecule has 1 N–H and O–H groups in total. The topological polar surface area (TPSA) is 71.8 Å². The number of carbonyl (C=O) groups is 1. The second-order valence-electron chi connectivity index (χ2n) is 7.26. The molecule has 1 amide bonds. The van der Waals surface area contributed by atoms with E-state index in [0.29, 0.717) is 42.8 Å². The highest BCUT2D eigenvalue weighted by Gasteiger charge is 2.18. The van der Waals surface area contributed by atoms with E-state index < -0.39 is 0 Å². The van der Waals surface area contributed by atoms with E-state index in [1.807, 2.05) is 70.1 Å². The normalized spacial score (nSPS) is 14.0. The number of carbonyl (C=O) groups excluding carboxylic acids is 1. The van der Waals surface area contributed by atoms with Gasteiger partial charge in [0.1, 0.15) is 0 Å². The van der Waals surface area contributed by atoms with E-state index in [4.69, 9.17) is 16.3 Å². The Hall–Kier alpha value is -3.42. The summed E-state index contributed by atoms with van der Waals surface area (Å²) in [6.07, 6.45) is 1.76. The van der Waals surface area contributed by atoms with Gasteiger partial charge in [0.15, 0.2) is 0 Å². The van der Waals surface area contributed by atoms with Gasteiger partial charge in [-0.15, -0.1) is 5.10 Å². The number of nitrogens with one attached hydrogen (secondary N) is 1. The standard InChI is InChI=1S/C23H20ClN5O2/c24-18-5-1-3-16(13-18)21-8-7-20-15-25-23(27-29(20)21)26-19-6-2-4-17(14-19)22(30)28-9-11-31-12-10-28/h1-8,13-15H,9-12H2,(H,26,27). The van der Waals surface area contributed by atoms with Gasteiger partial charge >= 0.3 is 0 Å². The first-order valence-electron chi connectivity index (χ1n) is 10.0. The molecule has 1 saturated heterocycles. The van der Waals surface area contributed by atoms with Crippen LogP contribution in [0.15, 0.2) is 66.9 Å². The number of morpholine rings is 1. The minimum atomic E-state index is -0.00280. The first-order valence-corrected chi connectivity index (χ1v) is 10.4. The smallest absolute Gasteiger partial charge is 0.254 e. The fourth-order valence-corrected chi connectivity index (χ4v) is 3.82. The molecule has 0 atom stereocenters. The Morgan fingerprint density at radius 3 is 2.71 bits per heavy atom. The van der Waals surface area contributed by atoms with Crippen LogP contribution in [0.1, 0.15) is 10.4 Å². The van der Waals surface area contributed by atoms with Gasteiger partial charge in [0.05, 0.1) is 30.6 Å². The van der Waals surface area contributed by atoms with Gasteiger partial charge in [0.25, 0.3) is 5.91 Å². The van der Waals surface area contributed by atoms with Crippen molar-refractivity contribution in [3.05, 3.63) is 77.4 Å². The molecule has 156 valence electrons. The number of amides is 1. The molecule has 0 bridgehead atoms. The Labute approximate surface area is 184 Å². The SMILES string of the molecule is O=C(c1cccc(Nc2ncc3ccc(-c4cccc(Cl)c4)n3n2)c1)N1CCOCC1. The molecule has 0 spiro atoms. The first-order chi connectivity index (χ1) is 15.2. The number of aromatic nitrogens is 3. The Morgan fingerprint density at radius 1 is 1.03 bits per heavy atom. The number of hydrogen-bond acceptors (Lipinski definition) is 5. The summed E-state index contributed by atoms with van der Waals surface area (Å²) in [5.41, 5.74) is 4.12. The van der Waals surface area contributed by atoms with Crippen LogP contribution in [0.5, 0.6) is 0 Å². The Balaban J connectivity index is 1.42. The van der Waals surface area contributed by atoms with E-state index in [1.165, 1.54) is 0 Å². The average molecular weight is 434 g/mol. The molecule has 7 nitrogen and oxygen atoms in total. The number of benzene rings is 2. The van der Waals surface area contributed by atoms with Gasteiger partial charge < -0.3 is 15.0 Å². The molecular formula is C23H20ClN5O2. The van der Waals surface area contributed by atoms with Crippen molar-refractivity contribution >= 4 is 34.7 Å². The number of fused-ring (bicyclic) bond motifs is 1. The summed E-state index contributed by atoms with van der Waals surface area (Å²) in [5, 5.41) is 8.52. The van der Waals surface area contributed by atoms with Gasteiger partial charge in [-0.2, -0.15) is 0 Å². The molecular weight excluding hydrogens is 414 g/mol. The van der Waals surface area contributed by atoms with Gasteiger partial charge in [-0.3, -0.25) is 4.79 Å². The molecule has 2 aromatic carbocycles. The van der Waals surface area contributed by atoms with Crippen molar-refractivity contribution in [2.24, 2.45) is 0 Å². The maximum atomic E-state index is 12.8. The monoisotopic (exact) mass is 433 g/mol. The molecule has 8 heteroatoms. The molecule has 1 fully saturated rings. The van der Waals surface area contributed by atoms with Crippen LogP contribution in [-0.4, -0.2) is 51.7 Å². The first kappa shape index (κ1) is 19.5. The van der Waals surface area contributed by atoms with Crippen LogP contribution in [0.3, 0.4) is 0 Å². The van der Waals surface area contributed by atoms with Crippen molar-refractivity contribution in [1.82, 2.24) is 19.5 Å². The largest absolute Gasteiger partial charge is 0.378 e. The highest BCUT2D eigenvalue weighted by Crippen LogP contribution is 2.25. The summed E-state index contributed by atoms with van der Waals surface area (Å²) >= 11 is 6.16. The molecule has 0 saturated carbocycles. The Bertz CT molecular complexity index is 1250. The van der Waals surface area contributed by atoms with Crippen LogP contribution in [-0.2, 0) is 4.74 Å². The number of hydrogen-bond donors (Lipinski definition) is 1. The van der Waals surface area contributed by atoms with Crippen LogP contribution >= 0.6 is 11.6 Å². The predicted molar refractivity (Wildman–Crippen MR) is 120 cm³/mol. The van der Waals surface area contributed by atoms with Gasteiger partial charge in [-0.05, 0) is 42.5 Å². The molecule has 2 aromatic heterocycles. The number of halogens is 1. The number of ether oxygens (including phenoxy) is 1. The van der Waals surface area contributed by atoms with Crippen molar-refractivity contribution in [2.75, 3.05) is 31.6 Å². The third-order valence-corrected chi connectivity index (χ3v) is 5.42. The van der Waals surface area contributed by atoms with E-state index >= 15 is 0 Å². The fraction of sp³-hybridized carbons (Fsp3) is 0.174. The molecule has 1 aliphatic heterocycles. The second kappa shape index (κ2) is 8.37. The van der Waals surface area contributed by atoms with Crippen molar-refractivity contribution in [3.8, 4) is 11.3 Å². The maximum Gasteiger partial charge on any atom is 0.254 e. The molecule has 1 aliphatic rings. The summed E-state index contributed by atoms with van der Waals surface area (Å²) in [4.78, 5) is 19.0. The Kier molecular flexibility index (Phi) is 5.28. The van der Waals surface area contributed by atoms with Gasteiger partial charge in [0.2, 0.25) is 5.95 Å². The minimum absolute atomic E-state index is 0.00280. The van der Waals surface area contributed by atoms with E-state index in [9.17, 15) is 4.79 Å². The van der Waals surface area contributed by atoms with Gasteiger partial charge in [-0.1, -0.05) is 29.8 Å². The van der Waals surface area contributed by atoms with Crippen molar-refractivity contribution < 1.29 is 9.53 Å². The highest BCUT2D eigenvalue weighted by molar-refractivity contribution is 6.30. The van der Waals surface area contributed by atoms with Crippen LogP contribution in [0.2, 0.25) is 5.02 Å². The zero-order valence-corrected chi connectivity index (χ0v) is 17.4. The van der Waals surface area contributed by atoms with E-state index in [-0.39, 0.29) is 5.91 Å². The van der Waals surface area contributed by atoms with Crippen LogP contribution in [0.4, 0.5) is 11.6 Å². The Morgan fingerprint density at radius 2 is 1.87 bits per heavy atom. The fourth-order valence-electron chi connectivity index (χ4n) is 3.63. The summed E-state index contributed by atoms with van der Waals surface area (Å²) < 4.78 is 7.16. The zero-order chi connectivity index (χ0) is 21.2. The van der Waals surface area contributed by atoms with E-state index in [1.54, 1.807) is 6.20 Å². The number of rotatable bonds is 4. The number of nitrogens with zero attached hydrogens (tertiary/aromatic N) is 4. The molecule has 5 rings (SSSR count). The van der Waals surface area contributed by atoms with Gasteiger partial charge in [-0.25, -0.2) is 9.50 Å². The summed E-state index contributed by atoms with van der Waals surface area (Å²) in [7, 11) is 0. The molecule has 0 unspecified atom stereocenters. The molecule has 31 heavy (non-hydrogen) atoms. The van der Waals surface area contributed by atoms with Crippen LogP contribution < -0.4 is 5.32 Å². The molecule has 4 aromatic rings. The quantitative estimate of drug-likeness (QED) is 0.520. The lowest BCUT2D eigenvalue weighted by atomic mass is 10.1. The molecule has 0 aliphatic carbocycles. The average Bonchev–Trinajstić information content (AvgIpc) is 3.23. The van der Waals surface area contributed by atoms with Crippen LogP contribution in [0.25, 0.3) is 16.8 Å². The van der Waals surface area contributed by atoms with Crippen molar-refractivity contribution in [1.29, 1.82) is 0 Å². The van der Waals surface area contributed by atoms with E-state index in [0.717, 1.165) is 22.5 Å². The maximum absolute atomic E-state index is 12.8. The second-order valence-corrected chi connectivity index (χ2v) is 7.69. The minimum Gasteiger partial charge on any atom is -0.378 e. The van der Waals surface area contributed by atoms with Crippen LogP contribution in [0, 0.1) is 0 Å². The highest BCUT2D eigenvalue weighted by atomic mass is 35.5. The third kappa shape index (κ3) is 4.10. The molecule has 0 radical (unpaired) electrons. The lowest BCUT2D eigenvalue weighted by Crippen LogP contribution is -2.40. The molecule has 3 heterocycles. The zero-order valence-electron chi connectivity index (χ0n) is 16.7. The summed E-state index contributed by atoms with van der Waals surface area (Å²) in [6, 6.07) is 19.0. The van der Waals surface area contributed by atoms with Crippen molar-refractivity contribution in [3.63, 3.8) is 0 Å². The summed E-state index contributed by atoms with van der Waals surface area (Å²) in [5.74, 6) is 0.430. The lowest BCUT2D eigenvalue weighted by molar-refractivity contribution is 0.0303. The van der Waals surface area contributed by atoms with E-state index in [2.05, 4.69) is 15.4 Å². The van der Waals surface area contributed by atoms with Gasteiger partial charge in [0, 0.05) is 34.9 Å². The predicted octanol–water partition coefficient (Wildman–Crippen LogP) is 4.27. The third-order valence-electron chi connectivity index (χ3n) is 5.18. The van der Waals surface area contributed by atoms with Crippen molar-refractivity contribution in [2.45, 2.75) is 0 Å².